The highest BCUT2D eigenvalue weighted by Gasteiger charge is 2.20. The predicted octanol–water partition coefficient (Wildman–Crippen LogP) is 13.4. The number of rotatable bonds is 5. The van der Waals surface area contributed by atoms with E-state index in [1.54, 1.807) is 4.57 Å². The number of fused-ring (bicyclic) bond motifs is 9. The van der Waals surface area contributed by atoms with Crippen molar-refractivity contribution < 1.29 is 17.1 Å². The fourth-order valence-electron chi connectivity index (χ4n) is 7.98. The monoisotopic (exact) mass is 736 g/mol. The van der Waals surface area contributed by atoms with Crippen molar-refractivity contribution in [2.45, 2.75) is 0 Å². The van der Waals surface area contributed by atoms with Crippen molar-refractivity contribution in [3.63, 3.8) is 0 Å². The molecule has 0 saturated carbocycles. The Bertz CT molecular complexity index is 3840. The summed E-state index contributed by atoms with van der Waals surface area (Å²) >= 11 is 0. The molecule has 0 radical (unpaired) electrons. The molecule has 4 aromatic heterocycles. The number of nitrogens with zero attached hydrogens (tertiary/aromatic N) is 4. The van der Waals surface area contributed by atoms with Gasteiger partial charge in [0.15, 0.2) is 17.5 Å². The Hall–Kier alpha value is -7.83. The topological polar surface area (TPSA) is 69.9 Å². The Morgan fingerprint density at radius 3 is 1.58 bits per heavy atom. The smallest absolute Gasteiger partial charge is 0.166 e. The standard InChI is InChI=1S/C51H30N4O2/c1-6-19-42-35(14-1)36-15-2-7-20-43(36)55(42)44-21-8-3-18-41(44)51-53-49(52-50(54-51)34-25-27-40-38-17-5-10-23-46(38)57-48(40)30-34)33-13-11-12-31(28-33)32-24-26-39-37-16-4-9-22-45(37)56-47(39)29-32/h1-30H/i1D,2D,14D,15D,19D,20D. The number of aromatic nitrogens is 4. The summed E-state index contributed by atoms with van der Waals surface area (Å²) in [6.07, 6.45) is 0. The van der Waals surface area contributed by atoms with Gasteiger partial charge in [0.2, 0.25) is 0 Å². The van der Waals surface area contributed by atoms with Crippen molar-refractivity contribution in [3.05, 3.63) is 182 Å². The van der Waals surface area contributed by atoms with Crippen LogP contribution in [0.25, 0.3) is 117 Å². The molecule has 12 rings (SSSR count). The van der Waals surface area contributed by atoms with Crippen LogP contribution in [-0.4, -0.2) is 19.5 Å². The molecule has 4 heterocycles. The maximum Gasteiger partial charge on any atom is 0.166 e. The first-order valence-corrected chi connectivity index (χ1v) is 18.5. The van der Waals surface area contributed by atoms with Crippen LogP contribution in [0.3, 0.4) is 0 Å². The molecule has 0 aliphatic carbocycles. The minimum atomic E-state index is -0.189. The summed E-state index contributed by atoms with van der Waals surface area (Å²) in [6.45, 7) is 0. The lowest BCUT2D eigenvalue weighted by molar-refractivity contribution is 0.668. The predicted molar refractivity (Wildman–Crippen MR) is 230 cm³/mol. The molecule has 8 aromatic carbocycles. The zero-order valence-corrected chi connectivity index (χ0v) is 30.0. The fourth-order valence-corrected chi connectivity index (χ4v) is 7.98. The van der Waals surface area contributed by atoms with Crippen LogP contribution in [0, 0.1) is 0 Å². The number of hydrogen-bond donors (Lipinski definition) is 0. The summed E-state index contributed by atoms with van der Waals surface area (Å²) in [5, 5.41) is 4.38. The van der Waals surface area contributed by atoms with E-state index in [4.69, 9.17) is 32.0 Å². The van der Waals surface area contributed by atoms with E-state index in [0.717, 1.165) is 55.0 Å². The first-order valence-electron chi connectivity index (χ1n) is 21.5. The highest BCUT2D eigenvalue weighted by molar-refractivity contribution is 6.10. The van der Waals surface area contributed by atoms with Gasteiger partial charge in [-0.25, -0.2) is 15.0 Å². The zero-order valence-electron chi connectivity index (χ0n) is 36.0. The molecule has 57 heavy (non-hydrogen) atoms. The first kappa shape index (κ1) is 26.1. The minimum absolute atomic E-state index is 0.0591. The SMILES string of the molecule is [2H]c1cc([2H])c2c(c1[2H])c1c([2H])c([2H])cc([2H])c1n2-c1ccccc1-c1nc(-c2cccc(-c3ccc4c(c3)oc3ccccc34)c2)nc(-c2ccc3c(c2)oc2ccccc23)n1. The van der Waals surface area contributed by atoms with Gasteiger partial charge < -0.3 is 13.4 Å². The highest BCUT2D eigenvalue weighted by Crippen LogP contribution is 2.38. The highest BCUT2D eigenvalue weighted by atomic mass is 16.3. The van der Waals surface area contributed by atoms with Crippen molar-refractivity contribution in [1.82, 2.24) is 19.5 Å². The lowest BCUT2D eigenvalue weighted by Crippen LogP contribution is -2.03. The van der Waals surface area contributed by atoms with Gasteiger partial charge in [0.25, 0.3) is 0 Å². The van der Waals surface area contributed by atoms with Gasteiger partial charge in [0.1, 0.15) is 22.3 Å². The van der Waals surface area contributed by atoms with Crippen LogP contribution < -0.4 is 0 Å². The molecule has 0 spiro atoms. The van der Waals surface area contributed by atoms with E-state index < -0.39 is 0 Å². The second-order valence-electron chi connectivity index (χ2n) is 13.9. The second-order valence-corrected chi connectivity index (χ2v) is 13.9. The Balaban J connectivity index is 1.09. The summed E-state index contributed by atoms with van der Waals surface area (Å²) < 4.78 is 67.3. The third-order valence-electron chi connectivity index (χ3n) is 10.6. The lowest BCUT2D eigenvalue weighted by atomic mass is 10.0. The molecule has 0 amide bonds. The average Bonchev–Trinajstić information content (AvgIpc) is 4.00. The van der Waals surface area contributed by atoms with E-state index in [1.807, 2.05) is 115 Å². The second kappa shape index (κ2) is 12.3. The third kappa shape index (κ3) is 5.01. The van der Waals surface area contributed by atoms with E-state index >= 15 is 0 Å². The summed E-state index contributed by atoms with van der Waals surface area (Å²) in [5.74, 6) is 1.07. The number of benzene rings is 8. The van der Waals surface area contributed by atoms with Gasteiger partial charge >= 0.3 is 0 Å². The van der Waals surface area contributed by atoms with Crippen LogP contribution in [0.2, 0.25) is 0 Å². The molecular weight excluding hydrogens is 701 g/mol. The van der Waals surface area contributed by atoms with Gasteiger partial charge in [0.05, 0.1) is 24.9 Å². The summed E-state index contributed by atoms with van der Waals surface area (Å²) in [5.41, 5.74) is 7.85. The molecule has 0 bridgehead atoms. The summed E-state index contributed by atoms with van der Waals surface area (Å²) in [7, 11) is 0. The molecule has 0 aliphatic heterocycles. The number of hydrogen-bond acceptors (Lipinski definition) is 5. The normalized spacial score (nSPS) is 13.3. The molecule has 6 heteroatoms. The molecule has 0 saturated heterocycles. The van der Waals surface area contributed by atoms with Crippen LogP contribution >= 0.6 is 0 Å². The lowest BCUT2D eigenvalue weighted by Gasteiger charge is -2.14. The molecule has 0 N–H and O–H groups in total. The number of para-hydroxylation sites is 5. The van der Waals surface area contributed by atoms with Crippen molar-refractivity contribution in [1.29, 1.82) is 0 Å². The Morgan fingerprint density at radius 1 is 0.386 bits per heavy atom. The quantitative estimate of drug-likeness (QED) is 0.176. The summed E-state index contributed by atoms with van der Waals surface area (Å²) in [4.78, 5) is 15.4. The van der Waals surface area contributed by atoms with Crippen molar-refractivity contribution >= 4 is 65.7 Å². The maximum absolute atomic E-state index is 9.11. The van der Waals surface area contributed by atoms with Crippen LogP contribution in [0.4, 0.5) is 0 Å². The van der Waals surface area contributed by atoms with E-state index in [1.165, 1.54) is 12.1 Å². The van der Waals surface area contributed by atoms with E-state index in [2.05, 4.69) is 18.2 Å². The molecule has 0 atom stereocenters. The third-order valence-corrected chi connectivity index (χ3v) is 10.6. The van der Waals surface area contributed by atoms with E-state index in [0.29, 0.717) is 39.9 Å². The molecule has 0 aliphatic rings. The Morgan fingerprint density at radius 2 is 0.895 bits per heavy atom. The maximum atomic E-state index is 9.11. The zero-order chi connectivity index (χ0) is 42.7. The molecule has 0 fully saturated rings. The van der Waals surface area contributed by atoms with Gasteiger partial charge in [-0.1, -0.05) is 115 Å². The van der Waals surface area contributed by atoms with Crippen LogP contribution in [0.1, 0.15) is 8.22 Å². The van der Waals surface area contributed by atoms with Crippen molar-refractivity contribution in [2.75, 3.05) is 0 Å². The largest absolute Gasteiger partial charge is 0.456 e. The van der Waals surface area contributed by atoms with Crippen molar-refractivity contribution in [3.8, 4) is 51.0 Å². The Labute approximate surface area is 334 Å². The Kier molecular flexibility index (Phi) is 5.64. The van der Waals surface area contributed by atoms with Gasteiger partial charge in [-0.05, 0) is 77.8 Å². The number of furan rings is 2. The molecule has 6 nitrogen and oxygen atoms in total. The van der Waals surface area contributed by atoms with Crippen LogP contribution in [0.5, 0.6) is 0 Å². The van der Waals surface area contributed by atoms with Crippen LogP contribution in [0.15, 0.2) is 191 Å². The van der Waals surface area contributed by atoms with Gasteiger partial charge in [-0.15, -0.1) is 0 Å². The molecule has 0 unspecified atom stereocenters. The van der Waals surface area contributed by atoms with Gasteiger partial charge in [-0.3, -0.25) is 0 Å². The average molecular weight is 737 g/mol. The molecular formula is C51H30N4O2. The van der Waals surface area contributed by atoms with E-state index in [-0.39, 0.29) is 58.1 Å². The molecule has 266 valence electrons. The van der Waals surface area contributed by atoms with Gasteiger partial charge in [0, 0.05) is 49.0 Å². The fraction of sp³-hybridized carbons (Fsp3) is 0. The summed E-state index contributed by atoms with van der Waals surface area (Å²) in [6, 6.07) is 45.0. The van der Waals surface area contributed by atoms with E-state index in [9.17, 15) is 0 Å². The first-order chi connectivity index (χ1) is 30.7. The molecule has 12 aromatic rings. The van der Waals surface area contributed by atoms with Crippen molar-refractivity contribution in [2.24, 2.45) is 0 Å². The van der Waals surface area contributed by atoms with Crippen LogP contribution in [-0.2, 0) is 0 Å². The minimum Gasteiger partial charge on any atom is -0.456 e. The van der Waals surface area contributed by atoms with Gasteiger partial charge in [-0.2, -0.15) is 0 Å².